The van der Waals surface area contributed by atoms with Crippen molar-refractivity contribution in [2.24, 2.45) is 5.92 Å². The van der Waals surface area contributed by atoms with E-state index >= 15 is 0 Å². The van der Waals surface area contributed by atoms with Gasteiger partial charge in [0.2, 0.25) is 5.91 Å². The largest absolute Gasteiger partial charge is 0.433 e. The first-order valence-corrected chi connectivity index (χ1v) is 18.9. The van der Waals surface area contributed by atoms with E-state index in [9.17, 15) is 27.6 Å². The van der Waals surface area contributed by atoms with E-state index in [-0.39, 0.29) is 24.1 Å². The summed E-state index contributed by atoms with van der Waals surface area (Å²) in [5.41, 5.74) is 2.59. The van der Waals surface area contributed by atoms with Crippen LogP contribution in [0, 0.1) is 5.92 Å². The number of benzene rings is 2. The van der Waals surface area contributed by atoms with Gasteiger partial charge in [0, 0.05) is 85.6 Å². The molecule has 1 saturated carbocycles. The number of hydrogen-bond acceptors (Lipinski definition) is 8. The number of nitrogens with zero attached hydrogens (tertiary/aromatic N) is 7. The minimum absolute atomic E-state index is 0.256. The number of amides is 4. The van der Waals surface area contributed by atoms with Crippen LogP contribution in [0.3, 0.4) is 0 Å². The summed E-state index contributed by atoms with van der Waals surface area (Å²) >= 11 is 0. The molecule has 8 rings (SSSR count). The van der Waals surface area contributed by atoms with Crippen molar-refractivity contribution in [3.8, 4) is 0 Å². The van der Waals surface area contributed by atoms with Gasteiger partial charge in [-0.3, -0.25) is 34.4 Å². The second kappa shape index (κ2) is 14.9. The summed E-state index contributed by atoms with van der Waals surface area (Å²) in [7, 11) is 0. The van der Waals surface area contributed by atoms with Crippen LogP contribution in [-0.4, -0.2) is 81.8 Å². The second-order valence-electron chi connectivity index (χ2n) is 14.6. The van der Waals surface area contributed by atoms with Crippen LogP contribution in [0.5, 0.6) is 0 Å². The highest BCUT2D eigenvalue weighted by molar-refractivity contribution is 6.11. The molecule has 0 atom stereocenters. The van der Waals surface area contributed by atoms with Gasteiger partial charge in [-0.15, -0.1) is 0 Å². The number of fused-ring (bicyclic) bond motifs is 2. The van der Waals surface area contributed by atoms with E-state index in [0.29, 0.717) is 30.3 Å². The monoisotopic (exact) mass is 753 g/mol. The Kier molecular flexibility index (Phi) is 9.88. The lowest BCUT2D eigenvalue weighted by atomic mass is 9.85. The average molecular weight is 754 g/mol. The number of urea groups is 1. The van der Waals surface area contributed by atoms with Gasteiger partial charge < -0.3 is 10.2 Å². The molecule has 3 aliphatic rings. The van der Waals surface area contributed by atoms with Gasteiger partial charge in [-0.1, -0.05) is 25.1 Å². The number of nitrogens with one attached hydrogen (secondary N) is 2. The summed E-state index contributed by atoms with van der Waals surface area (Å²) in [6.07, 6.45) is 6.00. The molecule has 2 aliphatic heterocycles. The molecular weight excluding hydrogens is 711 g/mol. The van der Waals surface area contributed by atoms with Crippen molar-refractivity contribution in [3.05, 3.63) is 84.1 Å². The fourth-order valence-electron chi connectivity index (χ4n) is 8.21. The molecule has 2 aromatic carbocycles. The molecule has 0 bridgehead atoms. The maximum Gasteiger partial charge on any atom is 0.433 e. The van der Waals surface area contributed by atoms with E-state index in [1.54, 1.807) is 11.1 Å². The SMILES string of the molecule is CCc1cc2nn(C3CCC(CN4CCN(c5cccc6c(N7CCC(=O)NC7=O)cncc56)CC4)CC3)cc2cc1NC(=O)c1cccc(C(F)(F)F)n1. The van der Waals surface area contributed by atoms with E-state index in [4.69, 9.17) is 5.10 Å². The lowest BCUT2D eigenvalue weighted by Gasteiger charge is -2.39. The Labute approximate surface area is 315 Å². The molecule has 0 radical (unpaired) electrons. The molecule has 12 nitrogen and oxygen atoms in total. The first-order valence-electron chi connectivity index (χ1n) is 18.9. The maximum absolute atomic E-state index is 13.2. The quantitative estimate of drug-likeness (QED) is 0.177. The Balaban J connectivity index is 0.867. The Morgan fingerprint density at radius 3 is 2.45 bits per heavy atom. The number of carbonyl (C=O) groups is 3. The smallest absolute Gasteiger partial charge is 0.368 e. The number of pyridine rings is 2. The zero-order chi connectivity index (χ0) is 38.3. The molecule has 0 spiro atoms. The maximum atomic E-state index is 13.2. The van der Waals surface area contributed by atoms with Crippen molar-refractivity contribution >= 4 is 56.6 Å². The first-order chi connectivity index (χ1) is 26.5. The zero-order valence-electron chi connectivity index (χ0n) is 30.5. The molecule has 3 aromatic heterocycles. The van der Waals surface area contributed by atoms with Crippen molar-refractivity contribution in [1.29, 1.82) is 0 Å². The van der Waals surface area contributed by atoms with Crippen LogP contribution < -0.4 is 20.4 Å². The minimum Gasteiger partial charge on any atom is -0.368 e. The van der Waals surface area contributed by atoms with Gasteiger partial charge >= 0.3 is 12.2 Å². The highest BCUT2D eigenvalue weighted by Gasteiger charge is 2.33. The lowest BCUT2D eigenvalue weighted by Crippen LogP contribution is -2.49. The van der Waals surface area contributed by atoms with Gasteiger partial charge in [0.1, 0.15) is 11.4 Å². The number of alkyl halides is 3. The molecule has 4 amide bonds. The predicted octanol–water partition coefficient (Wildman–Crippen LogP) is 6.81. The van der Waals surface area contributed by atoms with Crippen LogP contribution in [0.1, 0.15) is 66.8 Å². The summed E-state index contributed by atoms with van der Waals surface area (Å²) in [6.45, 7) is 7.01. The van der Waals surface area contributed by atoms with Crippen molar-refractivity contribution in [2.75, 3.05) is 54.4 Å². The van der Waals surface area contributed by atoms with E-state index in [1.165, 1.54) is 12.1 Å². The van der Waals surface area contributed by atoms with Gasteiger partial charge in [0.05, 0.1) is 23.4 Å². The Morgan fingerprint density at radius 2 is 1.71 bits per heavy atom. The number of piperazine rings is 1. The number of imide groups is 1. The van der Waals surface area contributed by atoms with E-state index < -0.39 is 23.8 Å². The minimum atomic E-state index is -4.64. The van der Waals surface area contributed by atoms with Crippen LogP contribution in [0.25, 0.3) is 21.7 Å². The van der Waals surface area contributed by atoms with Crippen molar-refractivity contribution in [3.63, 3.8) is 0 Å². The van der Waals surface area contributed by atoms with E-state index in [0.717, 1.165) is 97.4 Å². The topological polar surface area (TPSA) is 129 Å². The standard InChI is InChI=1S/C40H42F3N9O3/c1-2-26-19-33-27(20-32(26)46-38(54)31-6-4-8-36(45-31)40(41,42)43)24-52(48-33)28-11-9-25(10-12-28)23-49-15-17-50(18-16-49)34-7-3-5-29-30(34)21-44-22-35(29)51-14-13-37(53)47-39(51)55/h3-8,19-22,24-25,28H,2,9-18,23H2,1H3,(H,46,54)(H,47,53,55). The van der Waals surface area contributed by atoms with Gasteiger partial charge in [0.25, 0.3) is 5.91 Å². The van der Waals surface area contributed by atoms with Crippen LogP contribution in [0.15, 0.2) is 67.1 Å². The average Bonchev–Trinajstić information content (AvgIpc) is 3.60. The highest BCUT2D eigenvalue weighted by Crippen LogP contribution is 2.36. The zero-order valence-corrected chi connectivity index (χ0v) is 30.5. The molecule has 5 aromatic rings. The van der Waals surface area contributed by atoms with Crippen LogP contribution in [0.4, 0.5) is 35.0 Å². The number of hydrogen-bond donors (Lipinski definition) is 2. The molecule has 0 unspecified atom stereocenters. The summed E-state index contributed by atoms with van der Waals surface area (Å²) in [4.78, 5) is 51.8. The number of halogens is 3. The van der Waals surface area contributed by atoms with Gasteiger partial charge in [-0.25, -0.2) is 9.78 Å². The van der Waals surface area contributed by atoms with Gasteiger partial charge in [-0.05, 0) is 73.9 Å². The third kappa shape index (κ3) is 7.57. The van der Waals surface area contributed by atoms with E-state index in [2.05, 4.69) is 36.5 Å². The van der Waals surface area contributed by atoms with Crippen molar-refractivity contribution < 1.29 is 27.6 Å². The number of carbonyl (C=O) groups excluding carboxylic acids is 3. The molecule has 2 N–H and O–H groups in total. The Morgan fingerprint density at radius 1 is 0.927 bits per heavy atom. The number of aromatic nitrogens is 4. The first kappa shape index (κ1) is 36.4. The third-order valence-electron chi connectivity index (χ3n) is 11.2. The third-order valence-corrected chi connectivity index (χ3v) is 11.2. The normalized spacial score (nSPS) is 19.9. The molecule has 3 fully saturated rings. The fourth-order valence-corrected chi connectivity index (χ4v) is 8.21. The predicted molar refractivity (Wildman–Crippen MR) is 203 cm³/mol. The fraction of sp³-hybridized carbons (Fsp3) is 0.400. The van der Waals surface area contributed by atoms with Crippen LogP contribution in [0.2, 0.25) is 0 Å². The summed E-state index contributed by atoms with van der Waals surface area (Å²) < 4.78 is 41.6. The summed E-state index contributed by atoms with van der Waals surface area (Å²) in [6, 6.07) is 13.1. The van der Waals surface area contributed by atoms with Gasteiger partial charge in [-0.2, -0.15) is 18.3 Å². The van der Waals surface area contributed by atoms with Crippen LogP contribution in [-0.2, 0) is 17.4 Å². The van der Waals surface area contributed by atoms with Crippen molar-refractivity contribution in [2.45, 2.75) is 57.7 Å². The number of anilines is 3. The molecule has 15 heteroatoms. The molecule has 2 saturated heterocycles. The molecule has 1 aliphatic carbocycles. The number of rotatable bonds is 8. The van der Waals surface area contributed by atoms with Crippen molar-refractivity contribution in [1.82, 2.24) is 30.0 Å². The summed E-state index contributed by atoms with van der Waals surface area (Å²) in [5, 5.41) is 12.9. The highest BCUT2D eigenvalue weighted by atomic mass is 19.4. The number of aryl methyl sites for hydroxylation is 1. The Hall–Kier alpha value is -5.57. The molecular formula is C40H42F3N9O3. The summed E-state index contributed by atoms with van der Waals surface area (Å²) in [5.74, 6) is -0.366. The van der Waals surface area contributed by atoms with E-state index in [1.807, 2.05) is 48.3 Å². The molecule has 286 valence electrons. The molecule has 55 heavy (non-hydrogen) atoms. The molecule has 5 heterocycles. The second-order valence-corrected chi connectivity index (χ2v) is 14.6. The van der Waals surface area contributed by atoms with Crippen LogP contribution >= 0.6 is 0 Å². The lowest BCUT2D eigenvalue weighted by molar-refractivity contribution is -0.141. The van der Waals surface area contributed by atoms with Gasteiger partial charge in [0.15, 0.2) is 0 Å². The Bertz CT molecular complexity index is 2260.